The summed E-state index contributed by atoms with van der Waals surface area (Å²) in [7, 11) is 2.89. The van der Waals surface area contributed by atoms with E-state index in [2.05, 4.69) is 0 Å². The van der Waals surface area contributed by atoms with E-state index in [1.165, 1.54) is 7.11 Å². The van der Waals surface area contributed by atoms with E-state index in [1.807, 2.05) is 38.1 Å². The molecule has 1 aliphatic heterocycles. The first-order valence-electron chi connectivity index (χ1n) is 7.86. The largest absolute Gasteiger partial charge is 0.496 e. The van der Waals surface area contributed by atoms with Crippen molar-refractivity contribution in [3.8, 4) is 5.75 Å². The fourth-order valence-corrected chi connectivity index (χ4v) is 2.75. The van der Waals surface area contributed by atoms with E-state index in [0.29, 0.717) is 29.1 Å². The molecule has 128 valence electrons. The lowest BCUT2D eigenvalue weighted by Gasteiger charge is -2.19. The highest BCUT2D eigenvalue weighted by Crippen LogP contribution is 2.33. The van der Waals surface area contributed by atoms with Gasteiger partial charge >= 0.3 is 5.97 Å². The summed E-state index contributed by atoms with van der Waals surface area (Å²) in [4.78, 5) is 26.7. The minimum atomic E-state index is -0.506. The van der Waals surface area contributed by atoms with Crippen LogP contribution in [-0.4, -0.2) is 37.5 Å². The fourth-order valence-electron chi connectivity index (χ4n) is 2.75. The van der Waals surface area contributed by atoms with Gasteiger partial charge in [0.05, 0.1) is 25.4 Å². The van der Waals surface area contributed by atoms with E-state index in [-0.39, 0.29) is 11.8 Å². The molecule has 0 aliphatic carbocycles. The molecule has 24 heavy (non-hydrogen) atoms. The molecule has 2 rings (SSSR count). The normalized spacial score (nSPS) is 16.3. The molecule has 1 heterocycles. The lowest BCUT2D eigenvalue weighted by molar-refractivity contribution is -0.136. The summed E-state index contributed by atoms with van der Waals surface area (Å²) < 4.78 is 10.2. The highest BCUT2D eigenvalue weighted by atomic mass is 16.5. The minimum absolute atomic E-state index is 0.187. The molecular formula is C19H23NO4. The molecule has 0 atom stereocenters. The maximum atomic E-state index is 12.9. The van der Waals surface area contributed by atoms with Crippen LogP contribution in [0.5, 0.6) is 5.75 Å². The number of nitrogens with zero attached hydrogens (tertiary/aromatic N) is 1. The third-order valence-electron chi connectivity index (χ3n) is 3.89. The van der Waals surface area contributed by atoms with Crippen molar-refractivity contribution in [3.63, 3.8) is 0 Å². The third kappa shape index (κ3) is 3.35. The summed E-state index contributed by atoms with van der Waals surface area (Å²) in [5.41, 5.74) is 2.02. The topological polar surface area (TPSA) is 55.8 Å². The lowest BCUT2D eigenvalue weighted by atomic mass is 10.0. The molecule has 1 aromatic rings. The number of carbonyl (C=O) groups excluding carboxylic acids is 2. The lowest BCUT2D eigenvalue weighted by Crippen LogP contribution is -2.28. The summed E-state index contributed by atoms with van der Waals surface area (Å²) in [6, 6.07) is 7.36. The second-order valence-corrected chi connectivity index (χ2v) is 6.06. The van der Waals surface area contributed by atoms with Gasteiger partial charge in [-0.2, -0.15) is 0 Å². The number of ether oxygens (including phenoxy) is 2. The SMILES string of the molecule is COC(=O)C1=C(C)N(CC(C)C)C(=O)/C1=C\c1ccccc1OC. The van der Waals surface area contributed by atoms with E-state index in [1.54, 1.807) is 25.0 Å². The number of allylic oxidation sites excluding steroid dienone is 1. The number of benzene rings is 1. The molecule has 0 fully saturated rings. The van der Waals surface area contributed by atoms with E-state index >= 15 is 0 Å². The molecule has 1 aliphatic rings. The maximum absolute atomic E-state index is 12.9. The molecular weight excluding hydrogens is 306 g/mol. The van der Waals surface area contributed by atoms with Gasteiger partial charge in [-0.05, 0) is 25.0 Å². The second kappa shape index (κ2) is 7.34. The minimum Gasteiger partial charge on any atom is -0.496 e. The standard InChI is InChI=1S/C19H23NO4/c1-12(2)11-20-13(3)17(19(22)24-5)15(18(20)21)10-14-8-6-7-9-16(14)23-4/h6-10,12H,11H2,1-5H3/b15-10-. The Morgan fingerprint density at radius 3 is 2.50 bits per heavy atom. The van der Waals surface area contributed by atoms with Crippen LogP contribution in [0.15, 0.2) is 41.1 Å². The van der Waals surface area contributed by atoms with Gasteiger partial charge in [0.15, 0.2) is 0 Å². The van der Waals surface area contributed by atoms with Crippen molar-refractivity contribution in [1.82, 2.24) is 4.90 Å². The molecule has 1 aromatic carbocycles. The summed E-state index contributed by atoms with van der Waals surface area (Å²) >= 11 is 0. The molecule has 0 saturated carbocycles. The van der Waals surface area contributed by atoms with E-state index in [0.717, 1.165) is 5.56 Å². The van der Waals surface area contributed by atoms with Crippen LogP contribution in [0.4, 0.5) is 0 Å². The maximum Gasteiger partial charge on any atom is 0.340 e. The Balaban J connectivity index is 2.56. The number of para-hydroxylation sites is 1. The zero-order valence-corrected chi connectivity index (χ0v) is 14.8. The Labute approximate surface area is 142 Å². The highest BCUT2D eigenvalue weighted by molar-refractivity contribution is 6.16. The molecule has 0 radical (unpaired) electrons. The van der Waals surface area contributed by atoms with Gasteiger partial charge in [-0.15, -0.1) is 0 Å². The number of carbonyl (C=O) groups is 2. The van der Waals surface area contributed by atoms with Crippen LogP contribution in [0.25, 0.3) is 6.08 Å². The van der Waals surface area contributed by atoms with Gasteiger partial charge in [-0.1, -0.05) is 32.0 Å². The summed E-state index contributed by atoms with van der Waals surface area (Å²) in [6.45, 7) is 6.38. The first-order chi connectivity index (χ1) is 11.4. The summed E-state index contributed by atoms with van der Waals surface area (Å²) in [5, 5.41) is 0. The first kappa shape index (κ1) is 17.8. The van der Waals surface area contributed by atoms with Crippen LogP contribution in [-0.2, 0) is 14.3 Å². The Hall–Kier alpha value is -2.56. The number of hydrogen-bond donors (Lipinski definition) is 0. The molecule has 0 spiro atoms. The van der Waals surface area contributed by atoms with Gasteiger partial charge in [-0.25, -0.2) is 4.79 Å². The predicted molar refractivity (Wildman–Crippen MR) is 92.2 cm³/mol. The average Bonchev–Trinajstić information content (AvgIpc) is 2.79. The van der Waals surface area contributed by atoms with Crippen LogP contribution in [0.1, 0.15) is 26.3 Å². The molecule has 1 amide bonds. The van der Waals surface area contributed by atoms with Crippen LogP contribution < -0.4 is 4.74 Å². The van der Waals surface area contributed by atoms with Gasteiger partial charge in [0, 0.05) is 17.8 Å². The highest BCUT2D eigenvalue weighted by Gasteiger charge is 2.37. The molecule has 0 N–H and O–H groups in total. The monoisotopic (exact) mass is 329 g/mol. The van der Waals surface area contributed by atoms with Crippen molar-refractivity contribution in [2.24, 2.45) is 5.92 Å². The first-order valence-corrected chi connectivity index (χ1v) is 7.86. The van der Waals surface area contributed by atoms with E-state index < -0.39 is 5.97 Å². The van der Waals surface area contributed by atoms with Crippen molar-refractivity contribution in [2.75, 3.05) is 20.8 Å². The smallest absolute Gasteiger partial charge is 0.340 e. The Bertz CT molecular complexity index is 716. The van der Waals surface area contributed by atoms with Gasteiger partial charge < -0.3 is 14.4 Å². The molecule has 0 aromatic heterocycles. The van der Waals surface area contributed by atoms with Crippen molar-refractivity contribution in [3.05, 3.63) is 46.7 Å². The van der Waals surface area contributed by atoms with Crippen molar-refractivity contribution in [1.29, 1.82) is 0 Å². The van der Waals surface area contributed by atoms with Gasteiger partial charge in [-0.3, -0.25) is 4.79 Å². The van der Waals surface area contributed by atoms with E-state index in [9.17, 15) is 9.59 Å². The van der Waals surface area contributed by atoms with Crippen LogP contribution >= 0.6 is 0 Å². The average molecular weight is 329 g/mol. The molecule has 5 nitrogen and oxygen atoms in total. The van der Waals surface area contributed by atoms with Gasteiger partial charge in [0.2, 0.25) is 0 Å². The molecule has 5 heteroatoms. The zero-order chi connectivity index (χ0) is 17.9. The number of hydrogen-bond acceptors (Lipinski definition) is 4. The van der Waals surface area contributed by atoms with Crippen molar-refractivity contribution < 1.29 is 19.1 Å². The Kier molecular flexibility index (Phi) is 5.44. The quantitative estimate of drug-likeness (QED) is 0.615. The molecule has 0 unspecified atom stereocenters. The van der Waals surface area contributed by atoms with Crippen LogP contribution in [0.2, 0.25) is 0 Å². The fraction of sp³-hybridized carbons (Fsp3) is 0.368. The van der Waals surface area contributed by atoms with Crippen molar-refractivity contribution >= 4 is 18.0 Å². The number of methoxy groups -OCH3 is 2. The van der Waals surface area contributed by atoms with E-state index in [4.69, 9.17) is 9.47 Å². The summed E-state index contributed by atoms with van der Waals surface area (Å²) in [6.07, 6.45) is 1.69. The Morgan fingerprint density at radius 1 is 1.25 bits per heavy atom. The van der Waals surface area contributed by atoms with Gasteiger partial charge in [0.1, 0.15) is 5.75 Å². The summed E-state index contributed by atoms with van der Waals surface area (Å²) in [5.74, 6) is 0.233. The zero-order valence-electron chi connectivity index (χ0n) is 14.8. The van der Waals surface area contributed by atoms with Crippen LogP contribution in [0, 0.1) is 5.92 Å². The second-order valence-electron chi connectivity index (χ2n) is 6.06. The molecule has 0 saturated heterocycles. The Morgan fingerprint density at radius 2 is 1.92 bits per heavy atom. The van der Waals surface area contributed by atoms with Crippen molar-refractivity contribution in [2.45, 2.75) is 20.8 Å². The third-order valence-corrected chi connectivity index (χ3v) is 3.89. The number of amides is 1. The number of esters is 1. The van der Waals surface area contributed by atoms with Crippen LogP contribution in [0.3, 0.4) is 0 Å². The van der Waals surface area contributed by atoms with Gasteiger partial charge in [0.25, 0.3) is 5.91 Å². The predicted octanol–water partition coefficient (Wildman–Crippen LogP) is 3.02. The molecule has 0 bridgehead atoms. The number of rotatable bonds is 5.